The van der Waals surface area contributed by atoms with Gasteiger partial charge in [-0.05, 0) is 37.5 Å². The van der Waals surface area contributed by atoms with E-state index < -0.39 is 10.0 Å². The Labute approximate surface area is 130 Å². The number of sulfonamides is 1. The Balaban J connectivity index is 2.16. The molecule has 1 atom stereocenters. The lowest BCUT2D eigenvalue weighted by molar-refractivity contribution is 0.128. The average molecular weight is 334 g/mol. The summed E-state index contributed by atoms with van der Waals surface area (Å²) < 4.78 is 32.9. The van der Waals surface area contributed by atoms with Gasteiger partial charge in [0, 0.05) is 30.2 Å². The maximum Gasteiger partial charge on any atom is 0.240 e. The number of halogens is 1. The maximum absolute atomic E-state index is 12.4. The molecule has 0 radical (unpaired) electrons. The first-order valence-electron chi connectivity index (χ1n) is 6.84. The van der Waals surface area contributed by atoms with Crippen LogP contribution >= 0.6 is 11.6 Å². The lowest BCUT2D eigenvalue weighted by Crippen LogP contribution is -2.39. The molecule has 1 fully saturated rings. The van der Waals surface area contributed by atoms with Crippen LogP contribution in [0.2, 0.25) is 5.02 Å². The minimum Gasteiger partial charge on any atom is -0.396 e. The van der Waals surface area contributed by atoms with E-state index >= 15 is 0 Å². The molecule has 0 amide bonds. The van der Waals surface area contributed by atoms with Crippen molar-refractivity contribution in [2.75, 3.05) is 26.4 Å². The van der Waals surface area contributed by atoms with Crippen LogP contribution in [-0.4, -0.2) is 39.9 Å². The molecular weight excluding hydrogens is 314 g/mol. The SMILES string of the molecule is Cc1c(Cl)cccc1S(=O)(=O)NC[C@@]1(CCO)CCOC1. The molecule has 1 aromatic carbocycles. The monoisotopic (exact) mass is 333 g/mol. The number of benzene rings is 1. The molecule has 0 aromatic heterocycles. The highest BCUT2D eigenvalue weighted by molar-refractivity contribution is 7.89. The maximum atomic E-state index is 12.4. The zero-order valence-corrected chi connectivity index (χ0v) is 13.5. The molecule has 2 N–H and O–H groups in total. The first-order chi connectivity index (χ1) is 9.90. The first-order valence-corrected chi connectivity index (χ1v) is 8.70. The zero-order chi connectivity index (χ0) is 15.5. The van der Waals surface area contributed by atoms with Gasteiger partial charge in [-0.1, -0.05) is 17.7 Å². The van der Waals surface area contributed by atoms with Gasteiger partial charge in [0.1, 0.15) is 0 Å². The van der Waals surface area contributed by atoms with Gasteiger partial charge in [-0.25, -0.2) is 13.1 Å². The molecule has 0 spiro atoms. The van der Waals surface area contributed by atoms with E-state index in [2.05, 4.69) is 4.72 Å². The fraction of sp³-hybridized carbons (Fsp3) is 0.571. The van der Waals surface area contributed by atoms with Crippen molar-refractivity contribution in [1.82, 2.24) is 4.72 Å². The molecule has 1 aliphatic heterocycles. The van der Waals surface area contributed by atoms with Crippen molar-refractivity contribution in [2.24, 2.45) is 5.41 Å². The molecule has 118 valence electrons. The summed E-state index contributed by atoms with van der Waals surface area (Å²) in [5, 5.41) is 9.59. The van der Waals surface area contributed by atoms with Crippen LogP contribution in [0.15, 0.2) is 23.1 Å². The van der Waals surface area contributed by atoms with Crippen LogP contribution in [0, 0.1) is 12.3 Å². The lowest BCUT2D eigenvalue weighted by Gasteiger charge is -2.26. The van der Waals surface area contributed by atoms with E-state index in [1.807, 2.05) is 0 Å². The van der Waals surface area contributed by atoms with Gasteiger partial charge in [0.05, 0.1) is 11.5 Å². The molecule has 0 aliphatic carbocycles. The van der Waals surface area contributed by atoms with E-state index in [1.54, 1.807) is 19.1 Å². The topological polar surface area (TPSA) is 75.6 Å². The predicted molar refractivity (Wildman–Crippen MR) is 80.9 cm³/mol. The second kappa shape index (κ2) is 6.62. The largest absolute Gasteiger partial charge is 0.396 e. The van der Waals surface area contributed by atoms with Crippen LogP contribution in [0.25, 0.3) is 0 Å². The molecular formula is C14H20ClNO4S. The van der Waals surface area contributed by atoms with Crippen molar-refractivity contribution in [2.45, 2.75) is 24.7 Å². The van der Waals surface area contributed by atoms with Gasteiger partial charge in [-0.3, -0.25) is 0 Å². The summed E-state index contributed by atoms with van der Waals surface area (Å²) >= 11 is 5.98. The standard InChI is InChI=1S/C14H20ClNO4S/c1-11-12(15)3-2-4-13(11)21(18,19)16-9-14(5-7-17)6-8-20-10-14/h2-4,16-17H,5-10H2,1H3/t14-/m1/s1. The number of hydrogen-bond donors (Lipinski definition) is 2. The van der Waals surface area contributed by atoms with Gasteiger partial charge in [0.15, 0.2) is 0 Å². The van der Waals surface area contributed by atoms with E-state index in [4.69, 9.17) is 21.4 Å². The third kappa shape index (κ3) is 3.76. The average Bonchev–Trinajstić information content (AvgIpc) is 2.89. The van der Waals surface area contributed by atoms with E-state index in [9.17, 15) is 8.42 Å². The minimum absolute atomic E-state index is 0.0152. The summed E-state index contributed by atoms with van der Waals surface area (Å²) in [5.74, 6) is 0. The Bertz CT molecular complexity index is 597. The Morgan fingerprint density at radius 3 is 2.86 bits per heavy atom. The fourth-order valence-corrected chi connectivity index (χ4v) is 4.17. The summed E-state index contributed by atoms with van der Waals surface area (Å²) in [5.41, 5.74) is 0.208. The lowest BCUT2D eigenvalue weighted by atomic mass is 9.84. The van der Waals surface area contributed by atoms with E-state index in [-0.39, 0.29) is 23.5 Å². The smallest absolute Gasteiger partial charge is 0.240 e. The van der Waals surface area contributed by atoms with Crippen LogP contribution < -0.4 is 4.72 Å². The number of ether oxygens (including phenoxy) is 1. The first kappa shape index (κ1) is 16.7. The van der Waals surface area contributed by atoms with Crippen molar-refractivity contribution >= 4 is 21.6 Å². The molecule has 5 nitrogen and oxygen atoms in total. The Morgan fingerprint density at radius 2 is 2.24 bits per heavy atom. The zero-order valence-electron chi connectivity index (χ0n) is 11.9. The number of aliphatic hydroxyl groups is 1. The normalized spacial score (nSPS) is 22.6. The minimum atomic E-state index is -3.63. The number of rotatable bonds is 6. The molecule has 1 saturated heterocycles. The second-order valence-electron chi connectivity index (χ2n) is 5.46. The molecule has 0 bridgehead atoms. The number of nitrogens with one attached hydrogen (secondary N) is 1. The summed E-state index contributed by atoms with van der Waals surface area (Å²) in [7, 11) is -3.63. The highest BCUT2D eigenvalue weighted by Gasteiger charge is 2.35. The van der Waals surface area contributed by atoms with Crippen molar-refractivity contribution < 1.29 is 18.3 Å². The number of aliphatic hydroxyl groups excluding tert-OH is 1. The van der Waals surface area contributed by atoms with Crippen molar-refractivity contribution in [3.63, 3.8) is 0 Å². The Hall–Kier alpha value is -0.660. The summed E-state index contributed by atoms with van der Waals surface area (Å²) in [6, 6.07) is 4.81. The van der Waals surface area contributed by atoms with Gasteiger partial charge in [-0.15, -0.1) is 0 Å². The third-order valence-corrected chi connectivity index (χ3v) is 5.93. The molecule has 1 aromatic rings. The second-order valence-corrected chi connectivity index (χ2v) is 7.61. The molecule has 0 saturated carbocycles. The quantitative estimate of drug-likeness (QED) is 0.831. The Morgan fingerprint density at radius 1 is 1.48 bits per heavy atom. The Kier molecular flexibility index (Phi) is 5.27. The van der Waals surface area contributed by atoms with Crippen LogP contribution in [0.4, 0.5) is 0 Å². The molecule has 7 heteroatoms. The van der Waals surface area contributed by atoms with Crippen LogP contribution in [0.1, 0.15) is 18.4 Å². The molecule has 2 rings (SSSR count). The van der Waals surface area contributed by atoms with Crippen molar-refractivity contribution in [1.29, 1.82) is 0 Å². The summed E-state index contributed by atoms with van der Waals surface area (Å²) in [4.78, 5) is 0.188. The summed E-state index contributed by atoms with van der Waals surface area (Å²) in [6.07, 6.45) is 1.26. The van der Waals surface area contributed by atoms with Gasteiger partial charge in [0.2, 0.25) is 10.0 Å². The van der Waals surface area contributed by atoms with E-state index in [1.165, 1.54) is 6.07 Å². The molecule has 1 heterocycles. The fourth-order valence-electron chi connectivity index (χ4n) is 2.52. The van der Waals surface area contributed by atoms with Crippen LogP contribution in [0.5, 0.6) is 0 Å². The van der Waals surface area contributed by atoms with Gasteiger partial charge in [-0.2, -0.15) is 0 Å². The molecule has 0 unspecified atom stereocenters. The number of hydrogen-bond acceptors (Lipinski definition) is 4. The van der Waals surface area contributed by atoms with Crippen molar-refractivity contribution in [3.8, 4) is 0 Å². The van der Waals surface area contributed by atoms with Gasteiger partial charge < -0.3 is 9.84 Å². The third-order valence-electron chi connectivity index (χ3n) is 3.97. The highest BCUT2D eigenvalue weighted by Crippen LogP contribution is 2.32. The predicted octanol–water partition coefficient (Wildman–Crippen LogP) is 1.72. The van der Waals surface area contributed by atoms with Gasteiger partial charge >= 0.3 is 0 Å². The van der Waals surface area contributed by atoms with E-state index in [0.29, 0.717) is 30.2 Å². The van der Waals surface area contributed by atoms with Crippen LogP contribution in [-0.2, 0) is 14.8 Å². The van der Waals surface area contributed by atoms with Crippen LogP contribution in [0.3, 0.4) is 0 Å². The highest BCUT2D eigenvalue weighted by atomic mass is 35.5. The molecule has 1 aliphatic rings. The van der Waals surface area contributed by atoms with E-state index in [0.717, 1.165) is 6.42 Å². The molecule has 21 heavy (non-hydrogen) atoms. The summed E-state index contributed by atoms with van der Waals surface area (Å²) in [6.45, 7) is 3.00. The van der Waals surface area contributed by atoms with Crippen molar-refractivity contribution in [3.05, 3.63) is 28.8 Å². The van der Waals surface area contributed by atoms with Gasteiger partial charge in [0.25, 0.3) is 0 Å².